The molecule has 228 valence electrons. The molecule has 0 aliphatic carbocycles. The standard InChI is InChI=1S/C29H28F2N8O5/c1-15(2)39-29(42)38(19-8-5-17(30)6-9-19)28(41)24(37-39)27(40)34-18-7-10-21(20(31)13-18)44-22-11-12-32-25-23(22)26(36-35-25)33-16(3)14-43-4/h5-13,15-16H,14H2,1-4H3,(H,34,40)(H2,32,33,35,36). The highest BCUT2D eigenvalue weighted by atomic mass is 19.1. The molecule has 13 nitrogen and oxygen atoms in total. The lowest BCUT2D eigenvalue weighted by Crippen LogP contribution is -2.45. The number of amides is 1. The predicted octanol–water partition coefficient (Wildman–Crippen LogP) is 4.02. The second-order valence-corrected chi connectivity index (χ2v) is 10.1. The molecule has 0 spiro atoms. The molecule has 0 bridgehead atoms. The van der Waals surface area contributed by atoms with E-state index >= 15 is 4.39 Å². The number of halogens is 2. The number of ether oxygens (including phenoxy) is 2. The van der Waals surface area contributed by atoms with Crippen molar-refractivity contribution in [3.63, 3.8) is 0 Å². The van der Waals surface area contributed by atoms with Gasteiger partial charge >= 0.3 is 5.69 Å². The summed E-state index contributed by atoms with van der Waals surface area (Å²) in [5.41, 5.74) is -1.99. The zero-order valence-corrected chi connectivity index (χ0v) is 24.1. The quantitative estimate of drug-likeness (QED) is 0.214. The first-order chi connectivity index (χ1) is 21.1. The zero-order valence-electron chi connectivity index (χ0n) is 24.1. The minimum Gasteiger partial charge on any atom is -0.453 e. The number of carbonyl (C=O) groups is 1. The van der Waals surface area contributed by atoms with Crippen LogP contribution in [0.3, 0.4) is 0 Å². The summed E-state index contributed by atoms with van der Waals surface area (Å²) in [4.78, 5) is 43.7. The van der Waals surface area contributed by atoms with Gasteiger partial charge in [0.25, 0.3) is 11.5 Å². The molecular weight excluding hydrogens is 578 g/mol. The Labute approximate surface area is 248 Å². The minimum atomic E-state index is -1.03. The van der Waals surface area contributed by atoms with Crippen molar-refractivity contribution in [2.45, 2.75) is 32.9 Å². The van der Waals surface area contributed by atoms with Crippen molar-refractivity contribution < 1.29 is 23.0 Å². The maximum atomic E-state index is 15.2. The lowest BCUT2D eigenvalue weighted by Gasteiger charge is -2.15. The van der Waals surface area contributed by atoms with Gasteiger partial charge in [-0.1, -0.05) is 0 Å². The smallest absolute Gasteiger partial charge is 0.352 e. The van der Waals surface area contributed by atoms with Gasteiger partial charge in [0.2, 0.25) is 5.69 Å². The Hall–Kier alpha value is -5.44. The summed E-state index contributed by atoms with van der Waals surface area (Å²) in [6.45, 7) is 5.60. The van der Waals surface area contributed by atoms with Crippen LogP contribution in [-0.2, 0) is 4.74 Å². The summed E-state index contributed by atoms with van der Waals surface area (Å²) in [7, 11) is 1.58. The monoisotopic (exact) mass is 606 g/mol. The van der Waals surface area contributed by atoms with Gasteiger partial charge in [0.15, 0.2) is 23.0 Å². The molecule has 0 radical (unpaired) electrons. The van der Waals surface area contributed by atoms with Gasteiger partial charge in [-0.3, -0.25) is 14.7 Å². The number of methoxy groups -OCH3 is 1. The van der Waals surface area contributed by atoms with E-state index < -0.39 is 40.5 Å². The summed E-state index contributed by atoms with van der Waals surface area (Å²) in [6.07, 6.45) is 1.48. The van der Waals surface area contributed by atoms with Gasteiger partial charge < -0.3 is 20.1 Å². The molecule has 0 saturated heterocycles. The van der Waals surface area contributed by atoms with Crippen molar-refractivity contribution >= 4 is 28.4 Å². The third-order valence-electron chi connectivity index (χ3n) is 6.42. The summed E-state index contributed by atoms with van der Waals surface area (Å²) >= 11 is 0. The van der Waals surface area contributed by atoms with Crippen LogP contribution < -0.4 is 26.6 Å². The molecule has 0 aliphatic rings. The number of aromatic nitrogens is 6. The number of hydrogen-bond donors (Lipinski definition) is 3. The molecule has 1 unspecified atom stereocenters. The molecule has 44 heavy (non-hydrogen) atoms. The average Bonchev–Trinajstić information content (AvgIpc) is 3.38. The molecule has 5 rings (SSSR count). The van der Waals surface area contributed by atoms with Crippen molar-refractivity contribution in [2.75, 3.05) is 24.4 Å². The lowest BCUT2D eigenvalue weighted by molar-refractivity contribution is 0.101. The van der Waals surface area contributed by atoms with Crippen molar-refractivity contribution in [3.8, 4) is 17.2 Å². The van der Waals surface area contributed by atoms with Crippen LogP contribution in [0.1, 0.15) is 37.3 Å². The van der Waals surface area contributed by atoms with Crippen LogP contribution in [0.25, 0.3) is 16.7 Å². The fourth-order valence-electron chi connectivity index (χ4n) is 4.39. The second kappa shape index (κ2) is 12.4. The maximum Gasteiger partial charge on any atom is 0.352 e. The van der Waals surface area contributed by atoms with E-state index in [4.69, 9.17) is 9.47 Å². The fraction of sp³-hybridized carbons (Fsp3) is 0.241. The number of nitrogens with zero attached hydrogens (tertiary/aromatic N) is 5. The van der Waals surface area contributed by atoms with E-state index in [1.54, 1.807) is 27.0 Å². The Balaban J connectivity index is 1.42. The molecule has 3 heterocycles. The second-order valence-electron chi connectivity index (χ2n) is 10.1. The fourth-order valence-corrected chi connectivity index (χ4v) is 4.39. The Kier molecular flexibility index (Phi) is 8.48. The number of rotatable bonds is 10. The molecular formula is C29H28F2N8O5. The third kappa shape index (κ3) is 6.03. The first-order valence-electron chi connectivity index (χ1n) is 13.5. The Bertz CT molecular complexity index is 1950. The van der Waals surface area contributed by atoms with Crippen LogP contribution in [0, 0.1) is 11.6 Å². The highest BCUT2D eigenvalue weighted by Gasteiger charge is 2.23. The molecule has 2 aromatic carbocycles. The van der Waals surface area contributed by atoms with Crippen LogP contribution in [0.4, 0.5) is 20.3 Å². The van der Waals surface area contributed by atoms with Gasteiger partial charge in [0.1, 0.15) is 17.0 Å². The molecule has 5 aromatic rings. The van der Waals surface area contributed by atoms with Gasteiger partial charge in [-0.2, -0.15) is 10.2 Å². The van der Waals surface area contributed by atoms with E-state index in [9.17, 15) is 18.8 Å². The van der Waals surface area contributed by atoms with Crippen LogP contribution in [-0.4, -0.2) is 55.2 Å². The number of nitrogens with one attached hydrogen (secondary N) is 3. The van der Waals surface area contributed by atoms with Crippen LogP contribution in [0.5, 0.6) is 11.5 Å². The van der Waals surface area contributed by atoms with Crippen molar-refractivity contribution in [1.29, 1.82) is 0 Å². The van der Waals surface area contributed by atoms with Gasteiger partial charge in [-0.25, -0.2) is 27.8 Å². The number of anilines is 2. The molecule has 0 aliphatic heterocycles. The zero-order chi connectivity index (χ0) is 31.5. The minimum absolute atomic E-state index is 0.00406. The summed E-state index contributed by atoms with van der Waals surface area (Å²) < 4.78 is 41.4. The first kappa shape index (κ1) is 30.0. The largest absolute Gasteiger partial charge is 0.453 e. The first-order valence-corrected chi connectivity index (χ1v) is 13.5. The van der Waals surface area contributed by atoms with E-state index in [1.807, 2.05) is 6.92 Å². The van der Waals surface area contributed by atoms with Crippen molar-refractivity contribution in [3.05, 3.63) is 92.9 Å². The summed E-state index contributed by atoms with van der Waals surface area (Å²) in [5, 5.41) is 17.1. The van der Waals surface area contributed by atoms with E-state index in [0.29, 0.717) is 23.5 Å². The number of H-pyrrole nitrogens is 1. The van der Waals surface area contributed by atoms with Crippen LogP contribution in [0.15, 0.2) is 64.3 Å². The van der Waals surface area contributed by atoms with Crippen LogP contribution >= 0.6 is 0 Å². The SMILES string of the molecule is COCC(C)Nc1n[nH]c2nccc(Oc3ccc(NC(=O)c4nn(C(C)C)c(=O)n(-c5ccc(F)cc5)c4=O)cc3F)c12. The number of pyridine rings is 1. The summed E-state index contributed by atoms with van der Waals surface area (Å²) in [6, 6.07) is 9.26. The highest BCUT2D eigenvalue weighted by Crippen LogP contribution is 2.34. The lowest BCUT2D eigenvalue weighted by atomic mass is 10.2. The average molecular weight is 607 g/mol. The highest BCUT2D eigenvalue weighted by molar-refractivity contribution is 6.02. The van der Waals surface area contributed by atoms with Gasteiger partial charge in [0.05, 0.1) is 18.3 Å². The molecule has 1 amide bonds. The number of benzene rings is 2. The van der Waals surface area contributed by atoms with Crippen molar-refractivity contribution in [2.24, 2.45) is 0 Å². The van der Waals surface area contributed by atoms with E-state index in [0.717, 1.165) is 27.4 Å². The number of hydrogen-bond acceptors (Lipinski definition) is 9. The number of aromatic amines is 1. The van der Waals surface area contributed by atoms with E-state index in [-0.39, 0.29) is 28.9 Å². The molecule has 0 fully saturated rings. The van der Waals surface area contributed by atoms with Gasteiger partial charge in [0, 0.05) is 37.2 Å². The van der Waals surface area contributed by atoms with E-state index in [1.165, 1.54) is 30.5 Å². The molecule has 3 N–H and O–H groups in total. The molecule has 1 atom stereocenters. The molecule has 15 heteroatoms. The Morgan fingerprint density at radius 1 is 1.05 bits per heavy atom. The number of fused-ring (bicyclic) bond motifs is 1. The maximum absolute atomic E-state index is 15.2. The molecule has 3 aromatic heterocycles. The Morgan fingerprint density at radius 3 is 2.48 bits per heavy atom. The topological polar surface area (TPSA) is 158 Å². The normalized spacial score (nSPS) is 12.0. The predicted molar refractivity (Wildman–Crippen MR) is 158 cm³/mol. The molecule has 0 saturated carbocycles. The van der Waals surface area contributed by atoms with E-state index in [2.05, 4.69) is 30.9 Å². The number of carbonyl (C=O) groups excluding carboxylic acids is 1. The van der Waals surface area contributed by atoms with Gasteiger partial charge in [-0.05, 0) is 57.2 Å². The van der Waals surface area contributed by atoms with Crippen molar-refractivity contribution in [1.82, 2.24) is 29.5 Å². The van der Waals surface area contributed by atoms with Crippen LogP contribution in [0.2, 0.25) is 0 Å². The third-order valence-corrected chi connectivity index (χ3v) is 6.42. The Morgan fingerprint density at radius 2 is 1.80 bits per heavy atom. The van der Waals surface area contributed by atoms with Gasteiger partial charge in [-0.15, -0.1) is 0 Å². The summed E-state index contributed by atoms with van der Waals surface area (Å²) in [5.74, 6) is -1.81.